The standard InChI is InChI=1S/C16H17FN2/c1-12-11-15(17)8-7-13(12)9-10-19-16(18)14-5-3-2-4-6-14/h2-8,11H,9-10H2,1H3,(H2,18,19). The molecule has 2 aromatic carbocycles. The number of hydrogen-bond acceptors (Lipinski definition) is 1. The van der Waals surface area contributed by atoms with Gasteiger partial charge in [0.15, 0.2) is 0 Å². The van der Waals surface area contributed by atoms with Crippen molar-refractivity contribution in [3.8, 4) is 0 Å². The minimum Gasteiger partial charge on any atom is -0.384 e. The summed E-state index contributed by atoms with van der Waals surface area (Å²) in [6.07, 6.45) is 0.764. The third kappa shape index (κ3) is 3.65. The number of benzene rings is 2. The third-order valence-corrected chi connectivity index (χ3v) is 3.04. The number of amidine groups is 1. The molecule has 0 amide bonds. The maximum absolute atomic E-state index is 13.0. The van der Waals surface area contributed by atoms with E-state index >= 15 is 0 Å². The molecule has 0 unspecified atom stereocenters. The Morgan fingerprint density at radius 1 is 1.16 bits per heavy atom. The molecule has 0 saturated carbocycles. The Hall–Kier alpha value is -2.16. The molecule has 2 rings (SSSR count). The van der Waals surface area contributed by atoms with E-state index < -0.39 is 0 Å². The van der Waals surface area contributed by atoms with Crippen molar-refractivity contribution in [3.63, 3.8) is 0 Å². The number of halogens is 1. The molecule has 3 heteroatoms. The molecule has 0 bridgehead atoms. The summed E-state index contributed by atoms with van der Waals surface area (Å²) >= 11 is 0. The number of aliphatic imine (C=N–C) groups is 1. The van der Waals surface area contributed by atoms with Crippen molar-refractivity contribution in [3.05, 3.63) is 71.0 Å². The minimum atomic E-state index is -0.200. The SMILES string of the molecule is Cc1cc(F)ccc1CCN=C(N)c1ccccc1. The van der Waals surface area contributed by atoms with Crippen LogP contribution >= 0.6 is 0 Å². The molecule has 0 spiro atoms. The predicted molar refractivity (Wildman–Crippen MR) is 76.9 cm³/mol. The predicted octanol–water partition coefficient (Wildman–Crippen LogP) is 3.08. The van der Waals surface area contributed by atoms with Crippen molar-refractivity contribution in [2.24, 2.45) is 10.7 Å². The molecule has 0 fully saturated rings. The Balaban J connectivity index is 2.00. The first-order valence-electron chi connectivity index (χ1n) is 6.27. The summed E-state index contributed by atoms with van der Waals surface area (Å²) in [4.78, 5) is 4.35. The Morgan fingerprint density at radius 3 is 2.58 bits per heavy atom. The first-order chi connectivity index (χ1) is 9.16. The van der Waals surface area contributed by atoms with Crippen LogP contribution < -0.4 is 5.73 Å². The molecule has 2 aromatic rings. The summed E-state index contributed by atoms with van der Waals surface area (Å²) in [7, 11) is 0. The molecule has 0 heterocycles. The van der Waals surface area contributed by atoms with Crippen LogP contribution in [-0.2, 0) is 6.42 Å². The van der Waals surface area contributed by atoms with E-state index in [1.165, 1.54) is 6.07 Å². The van der Waals surface area contributed by atoms with Gasteiger partial charge < -0.3 is 5.73 Å². The van der Waals surface area contributed by atoms with E-state index in [0.717, 1.165) is 23.1 Å². The average molecular weight is 256 g/mol. The van der Waals surface area contributed by atoms with Crippen molar-refractivity contribution in [2.45, 2.75) is 13.3 Å². The Kier molecular flexibility index (Phi) is 4.29. The van der Waals surface area contributed by atoms with Crippen LogP contribution in [0.3, 0.4) is 0 Å². The summed E-state index contributed by atoms with van der Waals surface area (Å²) in [5.74, 6) is 0.342. The second-order valence-electron chi connectivity index (χ2n) is 4.45. The van der Waals surface area contributed by atoms with Crippen molar-refractivity contribution < 1.29 is 4.39 Å². The largest absolute Gasteiger partial charge is 0.384 e. The van der Waals surface area contributed by atoms with E-state index in [0.29, 0.717) is 12.4 Å². The lowest BCUT2D eigenvalue weighted by atomic mass is 10.1. The molecule has 0 aliphatic heterocycles. The van der Waals surface area contributed by atoms with Gasteiger partial charge >= 0.3 is 0 Å². The number of nitrogens with two attached hydrogens (primary N) is 1. The molecule has 0 aliphatic rings. The second kappa shape index (κ2) is 6.14. The molecular formula is C16H17FN2. The van der Waals surface area contributed by atoms with Crippen LogP contribution in [0.15, 0.2) is 53.5 Å². The summed E-state index contributed by atoms with van der Waals surface area (Å²) in [5.41, 5.74) is 8.90. The summed E-state index contributed by atoms with van der Waals surface area (Å²) in [6.45, 7) is 2.51. The molecule has 19 heavy (non-hydrogen) atoms. The van der Waals surface area contributed by atoms with Crippen LogP contribution in [0.5, 0.6) is 0 Å². The Morgan fingerprint density at radius 2 is 1.89 bits per heavy atom. The maximum atomic E-state index is 13.0. The highest BCUT2D eigenvalue weighted by Gasteiger charge is 2.00. The fourth-order valence-corrected chi connectivity index (χ4v) is 1.94. The van der Waals surface area contributed by atoms with Crippen molar-refractivity contribution in [2.75, 3.05) is 6.54 Å². The second-order valence-corrected chi connectivity index (χ2v) is 4.45. The van der Waals surface area contributed by atoms with Crippen molar-refractivity contribution >= 4 is 5.84 Å². The van der Waals surface area contributed by atoms with Crippen LogP contribution in [0, 0.1) is 12.7 Å². The van der Waals surface area contributed by atoms with E-state index in [4.69, 9.17) is 5.73 Å². The van der Waals surface area contributed by atoms with Gasteiger partial charge in [0, 0.05) is 12.1 Å². The van der Waals surface area contributed by atoms with Crippen molar-refractivity contribution in [1.82, 2.24) is 0 Å². The highest BCUT2D eigenvalue weighted by Crippen LogP contribution is 2.11. The number of rotatable bonds is 4. The van der Waals surface area contributed by atoms with E-state index in [2.05, 4.69) is 4.99 Å². The number of nitrogens with zero attached hydrogens (tertiary/aromatic N) is 1. The molecule has 2 nitrogen and oxygen atoms in total. The molecule has 0 radical (unpaired) electrons. The Labute approximate surface area is 112 Å². The van der Waals surface area contributed by atoms with E-state index in [9.17, 15) is 4.39 Å². The zero-order chi connectivity index (χ0) is 13.7. The van der Waals surface area contributed by atoms with Gasteiger partial charge in [0.05, 0.1) is 0 Å². The van der Waals surface area contributed by atoms with Gasteiger partial charge in [-0.25, -0.2) is 4.39 Å². The Bertz CT molecular complexity index is 577. The monoisotopic (exact) mass is 256 g/mol. The van der Waals surface area contributed by atoms with Crippen LogP contribution in [-0.4, -0.2) is 12.4 Å². The first-order valence-corrected chi connectivity index (χ1v) is 6.27. The smallest absolute Gasteiger partial charge is 0.125 e. The summed E-state index contributed by atoms with van der Waals surface area (Å²) < 4.78 is 13.0. The summed E-state index contributed by atoms with van der Waals surface area (Å²) in [6, 6.07) is 14.5. The quantitative estimate of drug-likeness (QED) is 0.662. The molecule has 0 aromatic heterocycles. The van der Waals surface area contributed by atoms with Gasteiger partial charge in [-0.05, 0) is 36.6 Å². The van der Waals surface area contributed by atoms with Crippen LogP contribution in [0.2, 0.25) is 0 Å². The van der Waals surface area contributed by atoms with Crippen LogP contribution in [0.1, 0.15) is 16.7 Å². The zero-order valence-corrected chi connectivity index (χ0v) is 10.9. The highest BCUT2D eigenvalue weighted by molar-refractivity contribution is 5.97. The van der Waals surface area contributed by atoms with E-state index in [1.54, 1.807) is 12.1 Å². The lowest BCUT2D eigenvalue weighted by molar-refractivity contribution is 0.625. The van der Waals surface area contributed by atoms with E-state index in [1.807, 2.05) is 37.3 Å². The fourth-order valence-electron chi connectivity index (χ4n) is 1.94. The molecule has 98 valence electrons. The van der Waals surface area contributed by atoms with Crippen LogP contribution in [0.25, 0.3) is 0 Å². The van der Waals surface area contributed by atoms with Gasteiger partial charge in [0.25, 0.3) is 0 Å². The van der Waals surface area contributed by atoms with Gasteiger partial charge in [-0.3, -0.25) is 4.99 Å². The molecular weight excluding hydrogens is 239 g/mol. The summed E-state index contributed by atoms with van der Waals surface area (Å²) in [5, 5.41) is 0. The lowest BCUT2D eigenvalue weighted by Crippen LogP contribution is -2.14. The molecule has 2 N–H and O–H groups in total. The number of aryl methyl sites for hydroxylation is 1. The molecule has 0 atom stereocenters. The van der Waals surface area contributed by atoms with Crippen molar-refractivity contribution in [1.29, 1.82) is 0 Å². The maximum Gasteiger partial charge on any atom is 0.125 e. The van der Waals surface area contributed by atoms with Gasteiger partial charge in [0.1, 0.15) is 11.7 Å². The average Bonchev–Trinajstić information content (AvgIpc) is 2.42. The molecule has 0 saturated heterocycles. The van der Waals surface area contributed by atoms with Gasteiger partial charge in [-0.1, -0.05) is 36.4 Å². The van der Waals surface area contributed by atoms with Gasteiger partial charge in [-0.15, -0.1) is 0 Å². The van der Waals surface area contributed by atoms with Crippen LogP contribution in [0.4, 0.5) is 4.39 Å². The highest BCUT2D eigenvalue weighted by atomic mass is 19.1. The zero-order valence-electron chi connectivity index (χ0n) is 10.9. The minimum absolute atomic E-state index is 0.200. The topological polar surface area (TPSA) is 38.4 Å². The fraction of sp³-hybridized carbons (Fsp3) is 0.188. The number of hydrogen-bond donors (Lipinski definition) is 1. The van der Waals surface area contributed by atoms with Gasteiger partial charge in [-0.2, -0.15) is 0 Å². The van der Waals surface area contributed by atoms with Gasteiger partial charge in [0.2, 0.25) is 0 Å². The first kappa shape index (κ1) is 13.3. The lowest BCUT2D eigenvalue weighted by Gasteiger charge is -2.05. The third-order valence-electron chi connectivity index (χ3n) is 3.04. The normalized spacial score (nSPS) is 11.6. The molecule has 0 aliphatic carbocycles. The van der Waals surface area contributed by atoms with E-state index in [-0.39, 0.29) is 5.82 Å².